The first kappa shape index (κ1) is 14.7. The van der Waals surface area contributed by atoms with E-state index in [9.17, 15) is 4.79 Å². The SMILES string of the molecule is CCN(CCCO)CC1(C=O)CCCCCC1. The second-order valence-corrected chi connectivity index (χ2v) is 5.34. The van der Waals surface area contributed by atoms with Gasteiger partial charge >= 0.3 is 0 Å². The Hall–Kier alpha value is -0.410. The van der Waals surface area contributed by atoms with Crippen LogP contribution in [0.4, 0.5) is 0 Å². The molecule has 0 aromatic rings. The third kappa shape index (κ3) is 4.76. The maximum atomic E-state index is 11.5. The van der Waals surface area contributed by atoms with Gasteiger partial charge in [0, 0.05) is 25.1 Å². The first-order valence-corrected chi connectivity index (χ1v) is 7.06. The van der Waals surface area contributed by atoms with Crippen LogP contribution in [0.1, 0.15) is 51.9 Å². The van der Waals surface area contributed by atoms with Crippen LogP contribution in [-0.4, -0.2) is 42.5 Å². The van der Waals surface area contributed by atoms with Crippen molar-refractivity contribution in [3.05, 3.63) is 0 Å². The number of hydrogen-bond donors (Lipinski definition) is 1. The molecular formula is C14H27NO2. The van der Waals surface area contributed by atoms with Gasteiger partial charge in [0.1, 0.15) is 6.29 Å². The summed E-state index contributed by atoms with van der Waals surface area (Å²) >= 11 is 0. The molecule has 1 aliphatic rings. The molecule has 3 nitrogen and oxygen atoms in total. The van der Waals surface area contributed by atoms with Gasteiger partial charge in [0.25, 0.3) is 0 Å². The quantitative estimate of drug-likeness (QED) is 0.549. The van der Waals surface area contributed by atoms with Crippen molar-refractivity contribution in [2.45, 2.75) is 51.9 Å². The summed E-state index contributed by atoms with van der Waals surface area (Å²) in [4.78, 5) is 13.8. The molecule has 0 spiro atoms. The van der Waals surface area contributed by atoms with Crippen molar-refractivity contribution in [2.24, 2.45) is 5.41 Å². The van der Waals surface area contributed by atoms with Crippen LogP contribution in [-0.2, 0) is 4.79 Å². The maximum absolute atomic E-state index is 11.5. The van der Waals surface area contributed by atoms with Gasteiger partial charge in [-0.3, -0.25) is 0 Å². The molecule has 1 rings (SSSR count). The zero-order valence-electron chi connectivity index (χ0n) is 11.2. The predicted octanol–water partition coefficient (Wildman–Crippen LogP) is 2.23. The van der Waals surface area contributed by atoms with Gasteiger partial charge in [0.15, 0.2) is 0 Å². The van der Waals surface area contributed by atoms with Crippen LogP contribution < -0.4 is 0 Å². The van der Waals surface area contributed by atoms with Crippen molar-refractivity contribution in [3.63, 3.8) is 0 Å². The van der Waals surface area contributed by atoms with Crippen molar-refractivity contribution < 1.29 is 9.90 Å². The summed E-state index contributed by atoms with van der Waals surface area (Å²) in [5.41, 5.74) is -0.109. The molecule has 0 aliphatic heterocycles. The van der Waals surface area contributed by atoms with E-state index in [4.69, 9.17) is 5.11 Å². The number of carbonyl (C=O) groups is 1. The molecule has 0 amide bonds. The number of aliphatic hydroxyl groups is 1. The van der Waals surface area contributed by atoms with Crippen LogP contribution in [0.15, 0.2) is 0 Å². The van der Waals surface area contributed by atoms with Crippen LogP contribution in [0.3, 0.4) is 0 Å². The Balaban J connectivity index is 2.54. The molecule has 0 aromatic heterocycles. The molecule has 0 saturated heterocycles. The summed E-state index contributed by atoms with van der Waals surface area (Å²) in [5, 5.41) is 8.89. The van der Waals surface area contributed by atoms with Gasteiger partial charge in [-0.05, 0) is 25.8 Å². The van der Waals surface area contributed by atoms with Crippen molar-refractivity contribution in [1.29, 1.82) is 0 Å². The van der Waals surface area contributed by atoms with Crippen LogP contribution in [0.5, 0.6) is 0 Å². The Bertz CT molecular complexity index is 210. The summed E-state index contributed by atoms with van der Waals surface area (Å²) in [6.07, 6.45) is 9.05. The van der Waals surface area contributed by atoms with Crippen molar-refractivity contribution in [2.75, 3.05) is 26.2 Å². The van der Waals surface area contributed by atoms with Gasteiger partial charge in [-0.1, -0.05) is 32.6 Å². The minimum absolute atomic E-state index is 0.109. The molecule has 0 bridgehead atoms. The van der Waals surface area contributed by atoms with Crippen LogP contribution in [0.25, 0.3) is 0 Å². The summed E-state index contributed by atoms with van der Waals surface area (Å²) in [7, 11) is 0. The molecule has 1 aliphatic carbocycles. The van der Waals surface area contributed by atoms with Crippen molar-refractivity contribution >= 4 is 6.29 Å². The molecule has 1 saturated carbocycles. The first-order valence-electron chi connectivity index (χ1n) is 7.06. The smallest absolute Gasteiger partial charge is 0.127 e. The van der Waals surface area contributed by atoms with E-state index in [1.165, 1.54) is 32.0 Å². The lowest BCUT2D eigenvalue weighted by Crippen LogP contribution is -2.39. The molecule has 100 valence electrons. The van der Waals surface area contributed by atoms with Gasteiger partial charge in [-0.25, -0.2) is 0 Å². The highest BCUT2D eigenvalue weighted by atomic mass is 16.3. The Morgan fingerprint density at radius 1 is 1.24 bits per heavy atom. The molecule has 0 unspecified atom stereocenters. The Kier molecular flexibility index (Phi) is 6.75. The molecule has 17 heavy (non-hydrogen) atoms. The van der Waals surface area contributed by atoms with Crippen LogP contribution in [0.2, 0.25) is 0 Å². The molecule has 1 N–H and O–H groups in total. The molecular weight excluding hydrogens is 214 g/mol. The van der Waals surface area contributed by atoms with E-state index in [0.29, 0.717) is 0 Å². The minimum Gasteiger partial charge on any atom is -0.396 e. The average Bonchev–Trinajstić information content (AvgIpc) is 2.60. The van der Waals surface area contributed by atoms with Gasteiger partial charge in [0.05, 0.1) is 0 Å². The largest absolute Gasteiger partial charge is 0.396 e. The monoisotopic (exact) mass is 241 g/mol. The second kappa shape index (κ2) is 7.83. The van der Waals surface area contributed by atoms with Gasteiger partial charge in [0.2, 0.25) is 0 Å². The van der Waals surface area contributed by atoms with E-state index in [2.05, 4.69) is 11.8 Å². The lowest BCUT2D eigenvalue weighted by Gasteiger charge is -2.33. The average molecular weight is 241 g/mol. The maximum Gasteiger partial charge on any atom is 0.127 e. The Morgan fingerprint density at radius 2 is 1.88 bits per heavy atom. The fourth-order valence-electron chi connectivity index (χ4n) is 2.83. The lowest BCUT2D eigenvalue weighted by molar-refractivity contribution is -0.118. The second-order valence-electron chi connectivity index (χ2n) is 5.34. The normalized spacial score (nSPS) is 20.2. The number of aldehydes is 1. The van der Waals surface area contributed by atoms with E-state index in [1.54, 1.807) is 0 Å². The van der Waals surface area contributed by atoms with Crippen LogP contribution >= 0.6 is 0 Å². The summed E-state index contributed by atoms with van der Waals surface area (Å²) in [5.74, 6) is 0. The summed E-state index contributed by atoms with van der Waals surface area (Å²) in [6.45, 7) is 5.13. The first-order chi connectivity index (χ1) is 8.26. The zero-order valence-corrected chi connectivity index (χ0v) is 11.2. The van der Waals surface area contributed by atoms with E-state index >= 15 is 0 Å². The number of hydrogen-bond acceptors (Lipinski definition) is 3. The van der Waals surface area contributed by atoms with Crippen molar-refractivity contribution in [3.8, 4) is 0 Å². The van der Waals surface area contributed by atoms with E-state index < -0.39 is 0 Å². The fraction of sp³-hybridized carbons (Fsp3) is 0.929. The highest BCUT2D eigenvalue weighted by Gasteiger charge is 2.32. The predicted molar refractivity (Wildman–Crippen MR) is 70.0 cm³/mol. The molecule has 1 fully saturated rings. The summed E-state index contributed by atoms with van der Waals surface area (Å²) in [6, 6.07) is 0. The molecule has 3 heteroatoms. The van der Waals surface area contributed by atoms with Gasteiger partial charge < -0.3 is 14.8 Å². The highest BCUT2D eigenvalue weighted by Crippen LogP contribution is 2.34. The minimum atomic E-state index is -0.109. The summed E-state index contributed by atoms with van der Waals surface area (Å²) < 4.78 is 0. The number of nitrogens with zero attached hydrogens (tertiary/aromatic N) is 1. The van der Waals surface area contributed by atoms with Gasteiger partial charge in [-0.2, -0.15) is 0 Å². The van der Waals surface area contributed by atoms with Crippen molar-refractivity contribution in [1.82, 2.24) is 4.90 Å². The fourth-order valence-corrected chi connectivity index (χ4v) is 2.83. The number of carbonyl (C=O) groups excluding carboxylic acids is 1. The highest BCUT2D eigenvalue weighted by molar-refractivity contribution is 5.59. The van der Waals surface area contributed by atoms with E-state index in [0.717, 1.165) is 38.9 Å². The number of aliphatic hydroxyl groups excluding tert-OH is 1. The molecule has 0 radical (unpaired) electrons. The van der Waals surface area contributed by atoms with Crippen LogP contribution in [0, 0.1) is 5.41 Å². The molecule has 0 atom stereocenters. The standard InChI is InChI=1S/C14H27NO2/c1-2-15(10-7-11-16)12-14(13-17)8-5-3-4-6-9-14/h13,16H,2-12H2,1H3. The topological polar surface area (TPSA) is 40.5 Å². The Labute approximate surface area is 105 Å². The molecule has 0 aromatic carbocycles. The molecule has 0 heterocycles. The Morgan fingerprint density at radius 3 is 2.35 bits per heavy atom. The van der Waals surface area contributed by atoms with E-state index in [-0.39, 0.29) is 12.0 Å². The van der Waals surface area contributed by atoms with E-state index in [1.807, 2.05) is 0 Å². The van der Waals surface area contributed by atoms with Gasteiger partial charge in [-0.15, -0.1) is 0 Å². The zero-order chi connectivity index (χ0) is 12.6. The number of rotatable bonds is 7. The third-order valence-corrected chi connectivity index (χ3v) is 3.97. The third-order valence-electron chi connectivity index (χ3n) is 3.97. The lowest BCUT2D eigenvalue weighted by atomic mass is 9.81.